The zero-order valence-electron chi connectivity index (χ0n) is 22.4. The van der Waals surface area contributed by atoms with Gasteiger partial charge >= 0.3 is 6.18 Å². The molecule has 0 amide bonds. The highest BCUT2D eigenvalue weighted by atomic mass is 19.4. The number of benzene rings is 3. The molecule has 1 atom stereocenters. The van der Waals surface area contributed by atoms with Crippen molar-refractivity contribution in [2.24, 2.45) is 0 Å². The fourth-order valence-electron chi connectivity index (χ4n) is 5.75. The Kier molecular flexibility index (Phi) is 6.89. The van der Waals surface area contributed by atoms with Gasteiger partial charge in [-0.3, -0.25) is 9.80 Å². The van der Waals surface area contributed by atoms with Crippen molar-refractivity contribution >= 4 is 10.9 Å². The first kappa shape index (κ1) is 26.2. The number of alkyl halides is 3. The maximum Gasteiger partial charge on any atom is 0.416 e. The van der Waals surface area contributed by atoms with Crippen molar-refractivity contribution in [1.29, 1.82) is 0 Å². The zero-order chi connectivity index (χ0) is 27.9. The Morgan fingerprint density at radius 3 is 2.38 bits per heavy atom. The van der Waals surface area contributed by atoms with E-state index in [0.717, 1.165) is 48.0 Å². The van der Waals surface area contributed by atoms with E-state index in [2.05, 4.69) is 48.6 Å². The van der Waals surface area contributed by atoms with E-state index in [4.69, 9.17) is 0 Å². The number of aromatic nitrogens is 5. The summed E-state index contributed by atoms with van der Waals surface area (Å²) in [4.78, 5) is 7.91. The molecule has 0 bridgehead atoms. The Bertz CT molecular complexity index is 1610. The molecule has 10 heteroatoms. The molecule has 2 aromatic heterocycles. The van der Waals surface area contributed by atoms with E-state index in [9.17, 15) is 13.2 Å². The van der Waals surface area contributed by atoms with Crippen LogP contribution >= 0.6 is 0 Å². The predicted octanol–water partition coefficient (Wildman–Crippen LogP) is 5.69. The van der Waals surface area contributed by atoms with Gasteiger partial charge in [-0.1, -0.05) is 48.5 Å². The molecular weight excluding hydrogens is 515 g/mol. The minimum absolute atomic E-state index is 0.502. The first-order valence-electron chi connectivity index (χ1n) is 13.3. The number of halogens is 3. The third kappa shape index (κ3) is 5.00. The topological polar surface area (TPSA) is 65.9 Å². The van der Waals surface area contributed by atoms with Crippen LogP contribution in [0.4, 0.5) is 13.2 Å². The number of H-pyrrole nitrogens is 1. The molecule has 1 aliphatic heterocycles. The number of para-hydroxylation sites is 2. The number of hydrogen-bond acceptors (Lipinski definition) is 5. The van der Waals surface area contributed by atoms with Crippen LogP contribution in [0.3, 0.4) is 0 Å². The summed E-state index contributed by atoms with van der Waals surface area (Å²) in [5.74, 6) is 0.502. The molecule has 5 aromatic rings. The SMILES string of the molecule is Cc1cccc(C)c1-n1nnnc1[C@@H](c1cccc(C(F)(F)F)c1)N1CCN(Cc2c[nH]c3ccccc23)CC1. The Hall–Kier alpha value is -4.02. The van der Waals surface area contributed by atoms with Crippen LogP contribution in [0.2, 0.25) is 0 Å². The standard InChI is InChI=1S/C30H30F3N7/c1-20-7-5-8-21(2)27(20)40-29(35-36-37-40)28(22-9-6-10-24(17-22)30(31,32)33)39-15-13-38(14-16-39)19-23-18-34-26-12-4-3-11-25(23)26/h3-12,17-18,28,34H,13-16,19H2,1-2H3/t28-/m1/s1. The molecule has 1 N–H and O–H groups in total. The largest absolute Gasteiger partial charge is 0.416 e. The van der Waals surface area contributed by atoms with E-state index in [-0.39, 0.29) is 0 Å². The normalized spacial score (nSPS) is 16.0. The molecule has 7 nitrogen and oxygen atoms in total. The molecule has 0 unspecified atom stereocenters. The van der Waals surface area contributed by atoms with E-state index in [0.29, 0.717) is 24.5 Å². The fourth-order valence-corrected chi connectivity index (χ4v) is 5.75. The van der Waals surface area contributed by atoms with Crippen molar-refractivity contribution in [2.75, 3.05) is 26.2 Å². The number of tetrazole rings is 1. The molecule has 0 spiro atoms. The van der Waals surface area contributed by atoms with E-state index < -0.39 is 17.8 Å². The van der Waals surface area contributed by atoms with E-state index in [1.807, 2.05) is 44.2 Å². The van der Waals surface area contributed by atoms with Crippen molar-refractivity contribution in [3.05, 3.63) is 107 Å². The van der Waals surface area contributed by atoms with Gasteiger partial charge < -0.3 is 4.98 Å². The van der Waals surface area contributed by atoms with Gasteiger partial charge in [-0.05, 0) is 64.7 Å². The van der Waals surface area contributed by atoms with Gasteiger partial charge in [0.05, 0.1) is 17.3 Å². The highest BCUT2D eigenvalue weighted by Gasteiger charge is 2.35. The molecule has 6 rings (SSSR count). The van der Waals surface area contributed by atoms with Crippen LogP contribution in [0.15, 0.2) is 72.9 Å². The lowest BCUT2D eigenvalue weighted by Crippen LogP contribution is -2.48. The number of fused-ring (bicyclic) bond motifs is 1. The minimum atomic E-state index is -4.45. The number of nitrogens with one attached hydrogen (secondary N) is 1. The average molecular weight is 546 g/mol. The average Bonchev–Trinajstić information content (AvgIpc) is 3.57. The third-order valence-corrected chi connectivity index (χ3v) is 7.76. The summed E-state index contributed by atoms with van der Waals surface area (Å²) in [5.41, 5.74) is 5.00. The highest BCUT2D eigenvalue weighted by Crippen LogP contribution is 2.35. The van der Waals surface area contributed by atoms with Gasteiger partial charge in [0.1, 0.15) is 0 Å². The molecule has 3 aromatic carbocycles. The van der Waals surface area contributed by atoms with Gasteiger partial charge in [0.2, 0.25) is 0 Å². The van der Waals surface area contributed by atoms with Crippen LogP contribution in [0, 0.1) is 13.8 Å². The molecule has 40 heavy (non-hydrogen) atoms. The molecule has 206 valence electrons. The smallest absolute Gasteiger partial charge is 0.361 e. The van der Waals surface area contributed by atoms with Gasteiger partial charge in [-0.15, -0.1) is 5.10 Å². The van der Waals surface area contributed by atoms with Crippen LogP contribution < -0.4 is 0 Å². The van der Waals surface area contributed by atoms with Gasteiger partial charge in [0, 0.05) is 49.8 Å². The first-order chi connectivity index (χ1) is 19.3. The lowest BCUT2D eigenvalue weighted by atomic mass is 10.00. The van der Waals surface area contributed by atoms with Crippen molar-refractivity contribution in [1.82, 2.24) is 35.0 Å². The first-order valence-corrected chi connectivity index (χ1v) is 13.3. The molecule has 0 radical (unpaired) electrons. The summed E-state index contributed by atoms with van der Waals surface area (Å²) in [7, 11) is 0. The Morgan fingerprint density at radius 2 is 1.62 bits per heavy atom. The molecule has 1 fully saturated rings. The minimum Gasteiger partial charge on any atom is -0.361 e. The van der Waals surface area contributed by atoms with Gasteiger partial charge in [0.25, 0.3) is 0 Å². The van der Waals surface area contributed by atoms with Crippen molar-refractivity contribution in [3.63, 3.8) is 0 Å². The number of rotatable bonds is 6. The lowest BCUT2D eigenvalue weighted by Gasteiger charge is -2.39. The Labute approximate surface area is 230 Å². The van der Waals surface area contributed by atoms with Crippen molar-refractivity contribution in [3.8, 4) is 5.69 Å². The number of nitrogens with zero attached hydrogens (tertiary/aromatic N) is 6. The maximum atomic E-state index is 13.7. The molecule has 0 saturated carbocycles. The Morgan fingerprint density at radius 1 is 0.900 bits per heavy atom. The summed E-state index contributed by atoms with van der Waals surface area (Å²) in [6, 6.07) is 19.2. The Balaban J connectivity index is 1.33. The number of piperazine rings is 1. The maximum absolute atomic E-state index is 13.7. The fraction of sp³-hybridized carbons (Fsp3) is 0.300. The molecule has 3 heterocycles. The monoisotopic (exact) mass is 545 g/mol. The second kappa shape index (κ2) is 10.5. The molecule has 1 aliphatic rings. The summed E-state index contributed by atoms with van der Waals surface area (Å²) >= 11 is 0. The predicted molar refractivity (Wildman–Crippen MR) is 147 cm³/mol. The van der Waals surface area contributed by atoms with E-state index in [1.165, 1.54) is 23.1 Å². The third-order valence-electron chi connectivity index (χ3n) is 7.76. The van der Waals surface area contributed by atoms with Crippen LogP contribution in [-0.4, -0.2) is 61.2 Å². The lowest BCUT2D eigenvalue weighted by molar-refractivity contribution is -0.137. The zero-order valence-corrected chi connectivity index (χ0v) is 22.4. The number of aryl methyl sites for hydroxylation is 2. The molecule has 0 aliphatic carbocycles. The van der Waals surface area contributed by atoms with E-state index in [1.54, 1.807) is 10.7 Å². The van der Waals surface area contributed by atoms with Crippen molar-refractivity contribution < 1.29 is 13.2 Å². The molecule has 1 saturated heterocycles. The van der Waals surface area contributed by atoms with Crippen LogP contribution in [0.5, 0.6) is 0 Å². The second-order valence-corrected chi connectivity index (χ2v) is 10.4. The van der Waals surface area contributed by atoms with Gasteiger partial charge in [-0.25, -0.2) is 0 Å². The summed E-state index contributed by atoms with van der Waals surface area (Å²) in [5, 5.41) is 13.9. The van der Waals surface area contributed by atoms with Crippen LogP contribution in [-0.2, 0) is 12.7 Å². The summed E-state index contributed by atoms with van der Waals surface area (Å²) in [6.07, 6.45) is -2.39. The number of aromatic amines is 1. The van der Waals surface area contributed by atoms with Crippen LogP contribution in [0.1, 0.15) is 39.7 Å². The highest BCUT2D eigenvalue weighted by molar-refractivity contribution is 5.82. The van der Waals surface area contributed by atoms with Crippen molar-refractivity contribution in [2.45, 2.75) is 32.6 Å². The van der Waals surface area contributed by atoms with Crippen LogP contribution in [0.25, 0.3) is 16.6 Å². The number of hydrogen-bond donors (Lipinski definition) is 1. The molecular formula is C30H30F3N7. The quantitative estimate of drug-likeness (QED) is 0.297. The van der Waals surface area contributed by atoms with Gasteiger partial charge in [-0.2, -0.15) is 17.9 Å². The summed E-state index contributed by atoms with van der Waals surface area (Å²) < 4.78 is 42.9. The summed E-state index contributed by atoms with van der Waals surface area (Å²) in [6.45, 7) is 7.60. The second-order valence-electron chi connectivity index (χ2n) is 10.4. The van der Waals surface area contributed by atoms with Gasteiger partial charge in [0.15, 0.2) is 5.82 Å². The van der Waals surface area contributed by atoms with E-state index >= 15 is 0 Å².